The van der Waals surface area contributed by atoms with Gasteiger partial charge in [-0.05, 0) is 29.6 Å². The normalized spacial score (nSPS) is 10.8. The summed E-state index contributed by atoms with van der Waals surface area (Å²) in [6.07, 6.45) is 0. The lowest BCUT2D eigenvalue weighted by atomic mass is 9.90. The molecular weight excluding hydrogens is 283 g/mol. The molecule has 6 heteroatoms. The number of rotatable bonds is 3. The van der Waals surface area contributed by atoms with Crippen LogP contribution >= 0.6 is 34.0 Å². The molecule has 0 saturated heterocycles. The van der Waals surface area contributed by atoms with E-state index in [-0.39, 0.29) is 0 Å². The van der Waals surface area contributed by atoms with Crippen molar-refractivity contribution in [3.63, 3.8) is 0 Å². The quantitative estimate of drug-likeness (QED) is 0.729. The first kappa shape index (κ1) is 12.1. The molecule has 0 bridgehead atoms. The van der Waals surface area contributed by atoms with Crippen LogP contribution in [0.25, 0.3) is 19.5 Å². The van der Waals surface area contributed by atoms with E-state index < -0.39 is 7.12 Å². The van der Waals surface area contributed by atoms with Gasteiger partial charge in [-0.25, -0.2) is 0 Å². The Labute approximate surface area is 117 Å². The van der Waals surface area contributed by atoms with Crippen LogP contribution in [-0.4, -0.2) is 17.2 Å². The summed E-state index contributed by atoms with van der Waals surface area (Å²) in [6.45, 7) is 0. The molecule has 2 N–H and O–H groups in total. The molecule has 3 rings (SSSR count). The topological polar surface area (TPSA) is 40.5 Å². The molecule has 0 unspecified atom stereocenters. The van der Waals surface area contributed by atoms with Crippen LogP contribution in [0.3, 0.4) is 0 Å². The van der Waals surface area contributed by atoms with E-state index >= 15 is 0 Å². The zero-order valence-electron chi connectivity index (χ0n) is 9.24. The summed E-state index contributed by atoms with van der Waals surface area (Å²) >= 11 is 4.87. The number of hydrogen-bond donors (Lipinski definition) is 2. The minimum absolute atomic E-state index is 0.580. The predicted molar refractivity (Wildman–Crippen MR) is 80.8 cm³/mol. The van der Waals surface area contributed by atoms with E-state index in [1.807, 2.05) is 12.1 Å². The van der Waals surface area contributed by atoms with Gasteiger partial charge in [-0.1, -0.05) is 12.1 Å². The smallest absolute Gasteiger partial charge is 0.423 e. The van der Waals surface area contributed by atoms with E-state index in [1.165, 1.54) is 21.1 Å². The Morgan fingerprint density at radius 3 is 2.06 bits per heavy atom. The Kier molecular flexibility index (Phi) is 3.36. The van der Waals surface area contributed by atoms with Crippen molar-refractivity contribution in [1.29, 1.82) is 0 Å². The zero-order chi connectivity index (χ0) is 12.5. The molecule has 0 amide bonds. The van der Waals surface area contributed by atoms with Crippen molar-refractivity contribution in [1.82, 2.24) is 0 Å². The molecule has 0 radical (unpaired) electrons. The maximum absolute atomic E-state index is 9.11. The van der Waals surface area contributed by atoms with Crippen LogP contribution in [0.5, 0.6) is 0 Å². The first-order chi connectivity index (χ1) is 8.74. The SMILES string of the molecule is OB(O)c1ccc(-c2ccc(-c3cccs3)s2)s1. The predicted octanol–water partition coefficient (Wildman–Crippen LogP) is 2.88. The minimum Gasteiger partial charge on any atom is -0.423 e. The van der Waals surface area contributed by atoms with Crippen LogP contribution in [0, 0.1) is 0 Å². The van der Waals surface area contributed by atoms with Gasteiger partial charge in [-0.2, -0.15) is 0 Å². The highest BCUT2D eigenvalue weighted by Gasteiger charge is 2.15. The molecule has 0 spiro atoms. The van der Waals surface area contributed by atoms with E-state index in [2.05, 4.69) is 23.6 Å². The molecule has 90 valence electrons. The first-order valence-corrected chi connectivity index (χ1v) is 7.85. The van der Waals surface area contributed by atoms with Crippen LogP contribution in [0.15, 0.2) is 41.8 Å². The van der Waals surface area contributed by atoms with Crippen molar-refractivity contribution < 1.29 is 10.0 Å². The maximum Gasteiger partial charge on any atom is 0.499 e. The molecule has 2 nitrogen and oxygen atoms in total. The zero-order valence-corrected chi connectivity index (χ0v) is 11.7. The number of thiophene rings is 3. The molecule has 0 aliphatic carbocycles. The van der Waals surface area contributed by atoms with Crippen LogP contribution < -0.4 is 4.78 Å². The van der Waals surface area contributed by atoms with Crippen LogP contribution in [0.4, 0.5) is 0 Å². The van der Waals surface area contributed by atoms with E-state index in [1.54, 1.807) is 28.7 Å². The van der Waals surface area contributed by atoms with Crippen molar-refractivity contribution >= 4 is 45.9 Å². The summed E-state index contributed by atoms with van der Waals surface area (Å²) in [4.78, 5) is 4.76. The van der Waals surface area contributed by atoms with Gasteiger partial charge in [0.1, 0.15) is 0 Å². The largest absolute Gasteiger partial charge is 0.499 e. The Bertz CT molecular complexity index is 640. The van der Waals surface area contributed by atoms with E-state index in [9.17, 15) is 0 Å². The monoisotopic (exact) mass is 292 g/mol. The lowest BCUT2D eigenvalue weighted by Gasteiger charge is -1.92. The van der Waals surface area contributed by atoms with Gasteiger partial charge in [0, 0.05) is 24.3 Å². The fourth-order valence-corrected chi connectivity index (χ4v) is 4.46. The summed E-state index contributed by atoms with van der Waals surface area (Å²) in [5.74, 6) is 0. The summed E-state index contributed by atoms with van der Waals surface area (Å²) < 4.78 is 0.580. The molecule has 0 aliphatic heterocycles. The van der Waals surface area contributed by atoms with Crippen molar-refractivity contribution in [3.05, 3.63) is 41.8 Å². The highest BCUT2D eigenvalue weighted by Crippen LogP contribution is 2.37. The second-order valence-corrected chi connectivity index (χ2v) is 6.86. The van der Waals surface area contributed by atoms with E-state index in [0.29, 0.717) is 4.78 Å². The van der Waals surface area contributed by atoms with Gasteiger partial charge in [0.05, 0.1) is 0 Å². The van der Waals surface area contributed by atoms with Crippen molar-refractivity contribution in [2.75, 3.05) is 0 Å². The lowest BCUT2D eigenvalue weighted by Crippen LogP contribution is -2.26. The third-order valence-corrected chi connectivity index (χ3v) is 5.97. The summed E-state index contributed by atoms with van der Waals surface area (Å²) in [6, 6.07) is 12.0. The minimum atomic E-state index is -1.37. The van der Waals surface area contributed by atoms with Gasteiger partial charge in [-0.3, -0.25) is 0 Å². The van der Waals surface area contributed by atoms with E-state index in [4.69, 9.17) is 10.0 Å². The summed E-state index contributed by atoms with van der Waals surface area (Å²) in [7, 11) is -1.37. The molecule has 18 heavy (non-hydrogen) atoms. The molecule has 3 aromatic rings. The van der Waals surface area contributed by atoms with Gasteiger partial charge < -0.3 is 10.0 Å². The van der Waals surface area contributed by atoms with Crippen LogP contribution in [0.1, 0.15) is 0 Å². The second kappa shape index (κ2) is 4.99. The highest BCUT2D eigenvalue weighted by molar-refractivity contribution is 7.29. The van der Waals surface area contributed by atoms with Crippen molar-refractivity contribution in [2.45, 2.75) is 0 Å². The third kappa shape index (κ3) is 2.30. The Morgan fingerprint density at radius 2 is 1.44 bits per heavy atom. The molecule has 0 saturated carbocycles. The summed E-state index contributed by atoms with van der Waals surface area (Å²) in [5.41, 5.74) is 0. The Hall–Kier alpha value is -0.915. The average Bonchev–Trinajstić information content (AvgIpc) is 3.10. The average molecular weight is 292 g/mol. The highest BCUT2D eigenvalue weighted by atomic mass is 32.1. The molecule has 3 heterocycles. The van der Waals surface area contributed by atoms with E-state index in [0.717, 1.165) is 9.75 Å². The second-order valence-electron chi connectivity index (χ2n) is 3.72. The molecule has 0 aromatic carbocycles. The standard InChI is InChI=1S/C12H9BO2S3/c14-13(15)12-6-5-11(18-12)10-4-3-9(17-10)8-2-1-7-16-8/h1-7,14-15H. The lowest BCUT2D eigenvalue weighted by molar-refractivity contribution is 0.427. The van der Waals surface area contributed by atoms with Crippen LogP contribution in [-0.2, 0) is 0 Å². The van der Waals surface area contributed by atoms with Gasteiger partial charge in [0.15, 0.2) is 0 Å². The summed E-state index contributed by atoms with van der Waals surface area (Å²) in [5, 5.41) is 20.3. The Balaban J connectivity index is 1.93. The first-order valence-electron chi connectivity index (χ1n) is 5.34. The van der Waals surface area contributed by atoms with Gasteiger partial charge in [-0.15, -0.1) is 34.0 Å². The molecule has 0 aliphatic rings. The number of hydrogen-bond acceptors (Lipinski definition) is 5. The molecule has 0 fully saturated rings. The fourth-order valence-electron chi connectivity index (χ4n) is 1.65. The van der Waals surface area contributed by atoms with Gasteiger partial charge >= 0.3 is 7.12 Å². The Morgan fingerprint density at radius 1 is 0.778 bits per heavy atom. The van der Waals surface area contributed by atoms with Crippen LogP contribution in [0.2, 0.25) is 0 Å². The van der Waals surface area contributed by atoms with Gasteiger partial charge in [0.2, 0.25) is 0 Å². The molecular formula is C12H9BO2S3. The van der Waals surface area contributed by atoms with Crippen molar-refractivity contribution in [3.8, 4) is 19.5 Å². The third-order valence-electron chi connectivity index (χ3n) is 2.49. The van der Waals surface area contributed by atoms with Gasteiger partial charge in [0.25, 0.3) is 0 Å². The van der Waals surface area contributed by atoms with Crippen molar-refractivity contribution in [2.24, 2.45) is 0 Å². The molecule has 0 atom stereocenters. The molecule has 3 aromatic heterocycles. The fraction of sp³-hybridized carbons (Fsp3) is 0. The maximum atomic E-state index is 9.11.